The van der Waals surface area contributed by atoms with Gasteiger partial charge in [0.15, 0.2) is 0 Å². The van der Waals surface area contributed by atoms with Crippen LogP contribution in [0.5, 0.6) is 5.75 Å². The Balaban J connectivity index is 2.32. The summed E-state index contributed by atoms with van der Waals surface area (Å²) >= 11 is 3.63. The fourth-order valence-electron chi connectivity index (χ4n) is 3.72. The van der Waals surface area contributed by atoms with Crippen molar-refractivity contribution in [1.29, 1.82) is 0 Å². The van der Waals surface area contributed by atoms with Crippen LogP contribution < -0.4 is 4.74 Å². The minimum absolute atomic E-state index is 0.134. The molecule has 1 unspecified atom stereocenters. The number of ether oxygens (including phenoxy) is 1. The summed E-state index contributed by atoms with van der Waals surface area (Å²) in [5, 5.41) is 0. The zero-order chi connectivity index (χ0) is 18.0. The van der Waals surface area contributed by atoms with Gasteiger partial charge >= 0.3 is 0 Å². The Labute approximate surface area is 158 Å². The van der Waals surface area contributed by atoms with Crippen molar-refractivity contribution in [2.24, 2.45) is 0 Å². The summed E-state index contributed by atoms with van der Waals surface area (Å²) in [5.74, 6) is 1.05. The minimum atomic E-state index is 0.134. The monoisotopic (exact) mass is 394 g/mol. The number of hydrogen-bond donors (Lipinski definition) is 0. The molecule has 25 heavy (non-hydrogen) atoms. The third kappa shape index (κ3) is 3.64. The Morgan fingerprint density at radius 1 is 0.840 bits per heavy atom. The van der Waals surface area contributed by atoms with E-state index in [0.29, 0.717) is 0 Å². The van der Waals surface area contributed by atoms with E-state index in [4.69, 9.17) is 4.74 Å². The number of rotatable bonds is 4. The molecule has 0 aliphatic heterocycles. The van der Waals surface area contributed by atoms with E-state index in [1.54, 1.807) is 7.11 Å². The smallest absolute Gasteiger partial charge is 0.123 e. The van der Waals surface area contributed by atoms with Crippen LogP contribution in [-0.4, -0.2) is 7.11 Å². The van der Waals surface area contributed by atoms with Crippen molar-refractivity contribution in [3.8, 4) is 5.75 Å². The summed E-state index contributed by atoms with van der Waals surface area (Å²) in [6, 6.07) is 21.4. The molecule has 0 saturated carbocycles. The quantitative estimate of drug-likeness (QED) is 0.455. The van der Waals surface area contributed by atoms with Gasteiger partial charge in [0.2, 0.25) is 0 Å². The molecule has 0 spiro atoms. The van der Waals surface area contributed by atoms with Gasteiger partial charge in [0.25, 0.3) is 0 Å². The van der Waals surface area contributed by atoms with Crippen LogP contribution in [0.3, 0.4) is 0 Å². The number of benzene rings is 3. The summed E-state index contributed by atoms with van der Waals surface area (Å²) in [5.41, 5.74) is 7.73. The molecule has 3 aromatic rings. The van der Waals surface area contributed by atoms with E-state index in [1.807, 2.05) is 12.1 Å². The van der Waals surface area contributed by atoms with Crippen molar-refractivity contribution in [2.75, 3.05) is 7.11 Å². The van der Waals surface area contributed by atoms with E-state index >= 15 is 0 Å². The van der Waals surface area contributed by atoms with E-state index in [1.165, 1.54) is 33.4 Å². The summed E-state index contributed by atoms with van der Waals surface area (Å²) in [4.78, 5) is 0. The molecule has 2 heteroatoms. The highest BCUT2D eigenvalue weighted by Gasteiger charge is 2.24. The number of aryl methyl sites for hydroxylation is 3. The Hall–Kier alpha value is -2.06. The molecule has 0 aliphatic rings. The average Bonchev–Trinajstić information content (AvgIpc) is 2.58. The Bertz CT molecular complexity index is 861. The van der Waals surface area contributed by atoms with Crippen molar-refractivity contribution >= 4 is 15.9 Å². The Morgan fingerprint density at radius 3 is 2.08 bits per heavy atom. The van der Waals surface area contributed by atoms with Crippen molar-refractivity contribution in [3.05, 3.63) is 98.5 Å². The maximum absolute atomic E-state index is 5.71. The van der Waals surface area contributed by atoms with E-state index < -0.39 is 0 Å². The molecular formula is C23H23BrO. The highest BCUT2D eigenvalue weighted by Crippen LogP contribution is 2.41. The van der Waals surface area contributed by atoms with E-state index in [9.17, 15) is 0 Å². The SMILES string of the molecule is COc1ccc(Br)cc1C(c1ccccc1)c1c(C)cc(C)cc1C. The molecular weight excluding hydrogens is 372 g/mol. The molecule has 1 nitrogen and oxygen atoms in total. The molecule has 0 bridgehead atoms. The molecule has 0 radical (unpaired) electrons. The van der Waals surface area contributed by atoms with Crippen LogP contribution in [0.15, 0.2) is 65.1 Å². The molecule has 128 valence electrons. The summed E-state index contributed by atoms with van der Waals surface area (Å²) in [6.07, 6.45) is 0. The lowest BCUT2D eigenvalue weighted by Crippen LogP contribution is -2.09. The molecule has 0 fully saturated rings. The highest BCUT2D eigenvalue weighted by molar-refractivity contribution is 9.10. The van der Waals surface area contributed by atoms with Crippen LogP contribution in [0.4, 0.5) is 0 Å². The second kappa shape index (κ2) is 7.45. The lowest BCUT2D eigenvalue weighted by molar-refractivity contribution is 0.409. The molecule has 0 saturated heterocycles. The van der Waals surface area contributed by atoms with Crippen LogP contribution in [0.25, 0.3) is 0 Å². The lowest BCUT2D eigenvalue weighted by Gasteiger charge is -2.25. The largest absolute Gasteiger partial charge is 0.496 e. The Kier molecular flexibility index (Phi) is 5.29. The van der Waals surface area contributed by atoms with E-state index in [2.05, 4.69) is 85.2 Å². The van der Waals surface area contributed by atoms with Crippen LogP contribution in [0.2, 0.25) is 0 Å². The van der Waals surface area contributed by atoms with Gasteiger partial charge in [-0.3, -0.25) is 0 Å². The standard InChI is InChI=1S/C23H23BrO/c1-15-12-16(2)22(17(3)13-15)23(18-8-6-5-7-9-18)20-14-19(24)10-11-21(20)25-4/h5-14,23H,1-4H3. The topological polar surface area (TPSA) is 9.23 Å². The Morgan fingerprint density at radius 2 is 1.48 bits per heavy atom. The van der Waals surface area contributed by atoms with E-state index in [0.717, 1.165) is 10.2 Å². The summed E-state index contributed by atoms with van der Waals surface area (Å²) < 4.78 is 6.77. The fraction of sp³-hybridized carbons (Fsp3) is 0.217. The summed E-state index contributed by atoms with van der Waals surface area (Å²) in [6.45, 7) is 6.56. The third-order valence-electron chi connectivity index (χ3n) is 4.66. The van der Waals surface area contributed by atoms with Gasteiger partial charge in [0.1, 0.15) is 5.75 Å². The predicted octanol–water partition coefficient (Wildman–Crippen LogP) is 6.56. The number of halogens is 1. The zero-order valence-electron chi connectivity index (χ0n) is 15.1. The normalized spacial score (nSPS) is 12.0. The van der Waals surface area contributed by atoms with Gasteiger partial charge in [-0.1, -0.05) is 64.0 Å². The van der Waals surface area contributed by atoms with Gasteiger partial charge in [0, 0.05) is 16.0 Å². The zero-order valence-corrected chi connectivity index (χ0v) is 16.7. The van der Waals surface area contributed by atoms with Crippen LogP contribution >= 0.6 is 15.9 Å². The molecule has 1 atom stereocenters. The first-order valence-corrected chi connectivity index (χ1v) is 9.26. The fourth-order valence-corrected chi connectivity index (χ4v) is 4.10. The molecule has 0 aromatic heterocycles. The van der Waals surface area contributed by atoms with E-state index in [-0.39, 0.29) is 5.92 Å². The number of methoxy groups -OCH3 is 1. The molecule has 0 heterocycles. The first-order valence-electron chi connectivity index (χ1n) is 8.47. The van der Waals surface area contributed by atoms with Gasteiger partial charge < -0.3 is 4.74 Å². The van der Waals surface area contributed by atoms with Gasteiger partial charge in [0.05, 0.1) is 7.11 Å². The lowest BCUT2D eigenvalue weighted by atomic mass is 9.80. The van der Waals surface area contributed by atoms with Gasteiger partial charge in [-0.05, 0) is 61.2 Å². The first-order chi connectivity index (χ1) is 12.0. The predicted molar refractivity (Wildman–Crippen MR) is 109 cm³/mol. The highest BCUT2D eigenvalue weighted by atomic mass is 79.9. The second-order valence-corrected chi connectivity index (χ2v) is 7.46. The molecule has 0 N–H and O–H groups in total. The van der Waals surface area contributed by atoms with Crippen LogP contribution in [-0.2, 0) is 0 Å². The molecule has 0 aliphatic carbocycles. The minimum Gasteiger partial charge on any atom is -0.496 e. The van der Waals surface area contributed by atoms with Crippen molar-refractivity contribution < 1.29 is 4.74 Å². The maximum atomic E-state index is 5.71. The van der Waals surface area contributed by atoms with Crippen molar-refractivity contribution in [2.45, 2.75) is 26.7 Å². The van der Waals surface area contributed by atoms with Gasteiger partial charge in [-0.2, -0.15) is 0 Å². The van der Waals surface area contributed by atoms with Crippen molar-refractivity contribution in [3.63, 3.8) is 0 Å². The van der Waals surface area contributed by atoms with Crippen LogP contribution in [0, 0.1) is 20.8 Å². The molecule has 0 amide bonds. The summed E-state index contributed by atoms with van der Waals surface area (Å²) in [7, 11) is 1.74. The molecule has 3 rings (SSSR count). The first kappa shape index (κ1) is 17.8. The number of hydrogen-bond acceptors (Lipinski definition) is 1. The average molecular weight is 395 g/mol. The van der Waals surface area contributed by atoms with Crippen molar-refractivity contribution in [1.82, 2.24) is 0 Å². The third-order valence-corrected chi connectivity index (χ3v) is 5.16. The maximum Gasteiger partial charge on any atom is 0.123 e. The van der Waals surface area contributed by atoms with Gasteiger partial charge in [-0.25, -0.2) is 0 Å². The molecule has 3 aromatic carbocycles. The second-order valence-electron chi connectivity index (χ2n) is 6.54. The van der Waals surface area contributed by atoms with Crippen LogP contribution in [0.1, 0.15) is 39.3 Å². The van der Waals surface area contributed by atoms with Gasteiger partial charge in [-0.15, -0.1) is 0 Å².